The van der Waals surface area contributed by atoms with Crippen LogP contribution >= 0.6 is 0 Å². The highest BCUT2D eigenvalue weighted by atomic mass is 16.1. The predicted molar refractivity (Wildman–Crippen MR) is 103 cm³/mol. The van der Waals surface area contributed by atoms with Crippen molar-refractivity contribution in [2.24, 2.45) is 7.05 Å². The van der Waals surface area contributed by atoms with Crippen molar-refractivity contribution >= 4 is 11.6 Å². The number of nitrogens with one attached hydrogen (secondary N) is 1. The van der Waals surface area contributed by atoms with Crippen molar-refractivity contribution < 1.29 is 0 Å². The number of para-hydroxylation sites is 1. The standard InChI is InChI=1S/C20H21N5O/c1-24-19(26)13-18(15-7-10-21-11-8-15)23-20(24)25-12-9-17(14-25)22-16-5-3-2-4-6-16/h2-8,10-11,13,17,22H,9,12,14H2,1H3/t17-/m1/s1. The molecule has 4 rings (SSSR count). The molecule has 0 saturated carbocycles. The third-order valence-electron chi connectivity index (χ3n) is 4.70. The van der Waals surface area contributed by atoms with Crippen LogP contribution in [0.4, 0.5) is 11.6 Å². The van der Waals surface area contributed by atoms with Crippen molar-refractivity contribution in [3.8, 4) is 11.3 Å². The lowest BCUT2D eigenvalue weighted by atomic mass is 10.2. The van der Waals surface area contributed by atoms with Gasteiger partial charge in [0.15, 0.2) is 0 Å². The molecule has 1 saturated heterocycles. The van der Waals surface area contributed by atoms with Gasteiger partial charge in [0.25, 0.3) is 5.56 Å². The Morgan fingerprint density at radius 1 is 1.12 bits per heavy atom. The van der Waals surface area contributed by atoms with E-state index in [1.807, 2.05) is 30.3 Å². The van der Waals surface area contributed by atoms with Gasteiger partial charge in [-0.1, -0.05) is 18.2 Å². The molecular weight excluding hydrogens is 326 g/mol. The van der Waals surface area contributed by atoms with E-state index in [0.29, 0.717) is 17.7 Å². The van der Waals surface area contributed by atoms with Crippen molar-refractivity contribution in [2.45, 2.75) is 12.5 Å². The Hall–Kier alpha value is -3.15. The summed E-state index contributed by atoms with van der Waals surface area (Å²) in [6, 6.07) is 15.9. The molecule has 1 fully saturated rings. The second kappa shape index (κ2) is 7.00. The number of hydrogen-bond acceptors (Lipinski definition) is 5. The van der Waals surface area contributed by atoms with E-state index in [0.717, 1.165) is 30.8 Å². The van der Waals surface area contributed by atoms with Crippen LogP contribution in [-0.4, -0.2) is 33.7 Å². The molecule has 2 aromatic heterocycles. The van der Waals surface area contributed by atoms with E-state index in [4.69, 9.17) is 4.98 Å². The van der Waals surface area contributed by atoms with Gasteiger partial charge in [-0.3, -0.25) is 14.3 Å². The van der Waals surface area contributed by atoms with E-state index >= 15 is 0 Å². The van der Waals surface area contributed by atoms with Crippen LogP contribution < -0.4 is 15.8 Å². The number of aromatic nitrogens is 3. The van der Waals surface area contributed by atoms with Crippen LogP contribution in [-0.2, 0) is 7.05 Å². The second-order valence-electron chi connectivity index (χ2n) is 6.52. The van der Waals surface area contributed by atoms with Gasteiger partial charge in [0.1, 0.15) is 0 Å². The molecule has 1 aromatic carbocycles. The molecule has 0 unspecified atom stereocenters. The monoisotopic (exact) mass is 347 g/mol. The lowest BCUT2D eigenvalue weighted by Crippen LogP contribution is -2.32. The Morgan fingerprint density at radius 3 is 2.65 bits per heavy atom. The van der Waals surface area contributed by atoms with Crippen LogP contribution in [0.25, 0.3) is 11.3 Å². The quantitative estimate of drug-likeness (QED) is 0.786. The van der Waals surface area contributed by atoms with Gasteiger partial charge in [0, 0.05) is 55.9 Å². The fraction of sp³-hybridized carbons (Fsp3) is 0.250. The normalized spacial score (nSPS) is 16.7. The van der Waals surface area contributed by atoms with E-state index in [9.17, 15) is 4.79 Å². The predicted octanol–water partition coefficient (Wildman–Crippen LogP) is 2.53. The van der Waals surface area contributed by atoms with Gasteiger partial charge in [-0.15, -0.1) is 0 Å². The van der Waals surface area contributed by atoms with Gasteiger partial charge in [-0.05, 0) is 30.7 Å². The number of rotatable bonds is 4. The smallest absolute Gasteiger partial charge is 0.255 e. The van der Waals surface area contributed by atoms with Crippen LogP contribution in [0.3, 0.4) is 0 Å². The highest BCUT2D eigenvalue weighted by Gasteiger charge is 2.25. The average molecular weight is 347 g/mol. The molecule has 1 N–H and O–H groups in total. The molecule has 3 aromatic rings. The Kier molecular flexibility index (Phi) is 4.39. The Bertz CT molecular complexity index is 939. The summed E-state index contributed by atoms with van der Waals surface area (Å²) in [6.45, 7) is 1.68. The maximum atomic E-state index is 12.4. The van der Waals surface area contributed by atoms with Gasteiger partial charge < -0.3 is 10.2 Å². The zero-order valence-corrected chi connectivity index (χ0v) is 14.7. The summed E-state index contributed by atoms with van der Waals surface area (Å²) < 4.78 is 1.62. The molecule has 0 spiro atoms. The first-order valence-corrected chi connectivity index (χ1v) is 8.76. The molecule has 6 heteroatoms. The minimum atomic E-state index is -0.0544. The summed E-state index contributed by atoms with van der Waals surface area (Å²) in [5.41, 5.74) is 2.65. The Morgan fingerprint density at radius 2 is 1.88 bits per heavy atom. The Balaban J connectivity index is 1.58. The van der Waals surface area contributed by atoms with Gasteiger partial charge in [-0.2, -0.15) is 0 Å². The van der Waals surface area contributed by atoms with Crippen molar-refractivity contribution in [2.75, 3.05) is 23.3 Å². The molecule has 1 atom stereocenters. The van der Waals surface area contributed by atoms with Crippen molar-refractivity contribution in [3.05, 3.63) is 71.3 Å². The number of nitrogens with zero attached hydrogens (tertiary/aromatic N) is 4. The third-order valence-corrected chi connectivity index (χ3v) is 4.70. The van der Waals surface area contributed by atoms with E-state index in [-0.39, 0.29) is 5.56 Å². The Labute approximate surface area is 152 Å². The molecule has 3 heterocycles. The molecule has 6 nitrogen and oxygen atoms in total. The summed E-state index contributed by atoms with van der Waals surface area (Å²) in [7, 11) is 1.78. The average Bonchev–Trinajstić information content (AvgIpc) is 3.13. The van der Waals surface area contributed by atoms with Gasteiger partial charge in [0.05, 0.1) is 5.69 Å². The largest absolute Gasteiger partial charge is 0.380 e. The zero-order valence-electron chi connectivity index (χ0n) is 14.7. The molecule has 0 radical (unpaired) electrons. The van der Waals surface area contributed by atoms with Crippen molar-refractivity contribution in [3.63, 3.8) is 0 Å². The van der Waals surface area contributed by atoms with E-state index < -0.39 is 0 Å². The molecule has 1 aliphatic heterocycles. The van der Waals surface area contributed by atoms with Crippen LogP contribution in [0, 0.1) is 0 Å². The van der Waals surface area contributed by atoms with Gasteiger partial charge >= 0.3 is 0 Å². The fourth-order valence-electron chi connectivity index (χ4n) is 3.31. The van der Waals surface area contributed by atoms with Crippen LogP contribution in [0.5, 0.6) is 0 Å². The summed E-state index contributed by atoms with van der Waals surface area (Å²) in [6.07, 6.45) is 4.43. The molecular formula is C20H21N5O. The van der Waals surface area contributed by atoms with Crippen molar-refractivity contribution in [1.82, 2.24) is 14.5 Å². The number of benzene rings is 1. The summed E-state index contributed by atoms with van der Waals surface area (Å²) in [4.78, 5) is 23.4. The van der Waals surface area contributed by atoms with Crippen molar-refractivity contribution in [1.29, 1.82) is 0 Å². The van der Waals surface area contributed by atoms with Gasteiger partial charge in [0.2, 0.25) is 5.95 Å². The number of anilines is 2. The zero-order chi connectivity index (χ0) is 17.9. The summed E-state index contributed by atoms with van der Waals surface area (Å²) >= 11 is 0. The maximum Gasteiger partial charge on any atom is 0.255 e. The molecule has 26 heavy (non-hydrogen) atoms. The minimum Gasteiger partial charge on any atom is -0.380 e. The first-order valence-electron chi connectivity index (χ1n) is 8.76. The summed E-state index contributed by atoms with van der Waals surface area (Å²) in [5.74, 6) is 0.710. The molecule has 0 aliphatic carbocycles. The fourth-order valence-corrected chi connectivity index (χ4v) is 3.31. The molecule has 132 valence electrons. The lowest BCUT2D eigenvalue weighted by molar-refractivity contribution is 0.759. The first-order chi connectivity index (χ1) is 12.7. The van der Waals surface area contributed by atoms with Crippen LogP contribution in [0.15, 0.2) is 65.7 Å². The van der Waals surface area contributed by atoms with Crippen LogP contribution in [0.2, 0.25) is 0 Å². The topological polar surface area (TPSA) is 63.1 Å². The SMILES string of the molecule is Cn1c(N2CC[C@@H](Nc3ccccc3)C2)nc(-c2ccncc2)cc1=O. The third kappa shape index (κ3) is 3.31. The van der Waals surface area contributed by atoms with Gasteiger partial charge in [-0.25, -0.2) is 4.98 Å². The minimum absolute atomic E-state index is 0.0544. The highest BCUT2D eigenvalue weighted by molar-refractivity contribution is 5.59. The summed E-state index contributed by atoms with van der Waals surface area (Å²) in [5, 5.41) is 3.56. The molecule has 1 aliphatic rings. The second-order valence-corrected chi connectivity index (χ2v) is 6.52. The van der Waals surface area contributed by atoms with E-state index in [1.165, 1.54) is 0 Å². The van der Waals surface area contributed by atoms with Crippen LogP contribution in [0.1, 0.15) is 6.42 Å². The molecule has 0 bridgehead atoms. The van der Waals surface area contributed by atoms with E-state index in [1.54, 1.807) is 30.1 Å². The maximum absolute atomic E-state index is 12.4. The number of hydrogen-bond donors (Lipinski definition) is 1. The lowest BCUT2D eigenvalue weighted by Gasteiger charge is -2.21. The first kappa shape index (κ1) is 16.3. The highest BCUT2D eigenvalue weighted by Crippen LogP contribution is 2.22. The molecule has 0 amide bonds. The number of pyridine rings is 1. The van der Waals surface area contributed by atoms with E-state index in [2.05, 4.69) is 27.3 Å².